The van der Waals surface area contributed by atoms with Crippen LogP contribution < -0.4 is 0 Å². The number of hydrogen-bond acceptors (Lipinski definition) is 1. The van der Waals surface area contributed by atoms with E-state index < -0.39 is 0 Å². The van der Waals surface area contributed by atoms with Gasteiger partial charge in [-0.1, -0.05) is 54.6 Å². The molecule has 1 heterocycles. The summed E-state index contributed by atoms with van der Waals surface area (Å²) in [6, 6.07) is 19.3. The van der Waals surface area contributed by atoms with E-state index in [-0.39, 0.29) is 0 Å². The minimum absolute atomic E-state index is 0.904. The van der Waals surface area contributed by atoms with Gasteiger partial charge in [-0.3, -0.25) is 4.99 Å². The predicted octanol–water partition coefficient (Wildman–Crippen LogP) is 3.66. The van der Waals surface area contributed by atoms with Gasteiger partial charge >= 0.3 is 0 Å². The lowest BCUT2D eigenvalue weighted by molar-refractivity contribution is 0.889. The Labute approximate surface area is 108 Å². The van der Waals surface area contributed by atoms with Crippen LogP contribution in [-0.4, -0.2) is 12.3 Å². The van der Waals surface area contributed by atoms with E-state index in [0.717, 1.165) is 25.8 Å². The summed E-state index contributed by atoms with van der Waals surface area (Å²) in [5.41, 5.74) is 5.48. The second-order valence-electron chi connectivity index (χ2n) is 4.71. The van der Waals surface area contributed by atoms with Gasteiger partial charge in [-0.15, -0.1) is 0 Å². The quantitative estimate of drug-likeness (QED) is 0.715. The Hall–Kier alpha value is -1.89. The van der Waals surface area contributed by atoms with Crippen LogP contribution in [0.25, 0.3) is 0 Å². The van der Waals surface area contributed by atoms with Crippen LogP contribution in [0, 0.1) is 0 Å². The molecule has 18 heavy (non-hydrogen) atoms. The molecular formula is C17H17N. The topological polar surface area (TPSA) is 12.4 Å². The molecule has 0 saturated carbocycles. The third-order valence-electron chi connectivity index (χ3n) is 3.54. The maximum absolute atomic E-state index is 4.77. The number of benzene rings is 2. The highest BCUT2D eigenvalue weighted by molar-refractivity contribution is 6.00. The van der Waals surface area contributed by atoms with E-state index in [1.165, 1.54) is 22.4 Å². The molecule has 0 spiro atoms. The van der Waals surface area contributed by atoms with Gasteiger partial charge in [-0.05, 0) is 36.0 Å². The van der Waals surface area contributed by atoms with E-state index in [1.54, 1.807) is 0 Å². The third-order valence-corrected chi connectivity index (χ3v) is 3.54. The van der Waals surface area contributed by atoms with Gasteiger partial charge in [0.1, 0.15) is 0 Å². The molecule has 1 aliphatic rings. The zero-order chi connectivity index (χ0) is 12.2. The van der Waals surface area contributed by atoms with Gasteiger partial charge in [0.2, 0.25) is 0 Å². The summed E-state index contributed by atoms with van der Waals surface area (Å²) in [6.07, 6.45) is 3.21. The Morgan fingerprint density at radius 2 is 1.33 bits per heavy atom. The summed E-state index contributed by atoms with van der Waals surface area (Å²) in [7, 11) is 0. The summed E-state index contributed by atoms with van der Waals surface area (Å²) in [5, 5.41) is 0. The molecule has 0 aliphatic carbocycles. The van der Waals surface area contributed by atoms with Crippen molar-refractivity contribution < 1.29 is 0 Å². The fourth-order valence-electron chi connectivity index (χ4n) is 2.55. The molecule has 1 nitrogen and oxygen atoms in total. The highest BCUT2D eigenvalue weighted by atomic mass is 14.7. The van der Waals surface area contributed by atoms with E-state index >= 15 is 0 Å². The first-order valence-electron chi connectivity index (χ1n) is 6.59. The highest BCUT2D eigenvalue weighted by Crippen LogP contribution is 2.17. The van der Waals surface area contributed by atoms with Gasteiger partial charge in [0, 0.05) is 12.3 Å². The van der Waals surface area contributed by atoms with Gasteiger partial charge in [-0.25, -0.2) is 0 Å². The summed E-state index contributed by atoms with van der Waals surface area (Å²) >= 11 is 0. The molecule has 0 fully saturated rings. The van der Waals surface area contributed by atoms with E-state index in [9.17, 15) is 0 Å². The van der Waals surface area contributed by atoms with E-state index in [0.29, 0.717) is 0 Å². The first-order chi connectivity index (χ1) is 8.93. The van der Waals surface area contributed by atoms with Gasteiger partial charge in [-0.2, -0.15) is 0 Å². The molecular weight excluding hydrogens is 218 g/mol. The van der Waals surface area contributed by atoms with Crippen molar-refractivity contribution in [3.8, 4) is 0 Å². The lowest BCUT2D eigenvalue weighted by atomic mass is 9.95. The SMILES string of the molecule is c1ccc(C2=NCCc3ccccc3CC2)cc1. The zero-order valence-electron chi connectivity index (χ0n) is 10.5. The molecule has 2 aromatic carbocycles. The number of hydrogen-bond donors (Lipinski definition) is 0. The number of fused-ring (bicyclic) bond motifs is 1. The minimum Gasteiger partial charge on any atom is -0.289 e. The number of rotatable bonds is 1. The monoisotopic (exact) mass is 235 g/mol. The Morgan fingerprint density at radius 1 is 0.667 bits per heavy atom. The van der Waals surface area contributed by atoms with Crippen LogP contribution in [0.3, 0.4) is 0 Å². The molecule has 0 unspecified atom stereocenters. The van der Waals surface area contributed by atoms with Crippen molar-refractivity contribution in [2.24, 2.45) is 4.99 Å². The van der Waals surface area contributed by atoms with Crippen molar-refractivity contribution in [3.05, 3.63) is 71.3 Å². The number of aryl methyl sites for hydroxylation is 1. The van der Waals surface area contributed by atoms with Gasteiger partial charge in [0.15, 0.2) is 0 Å². The zero-order valence-corrected chi connectivity index (χ0v) is 10.5. The fraction of sp³-hybridized carbons (Fsp3) is 0.235. The van der Waals surface area contributed by atoms with Crippen molar-refractivity contribution in [3.63, 3.8) is 0 Å². The molecule has 1 heteroatoms. The molecule has 0 bridgehead atoms. The van der Waals surface area contributed by atoms with E-state index in [4.69, 9.17) is 4.99 Å². The van der Waals surface area contributed by atoms with Crippen LogP contribution >= 0.6 is 0 Å². The Morgan fingerprint density at radius 3 is 2.11 bits per heavy atom. The average Bonchev–Trinajstić information content (AvgIpc) is 2.41. The van der Waals surface area contributed by atoms with E-state index in [2.05, 4.69) is 54.6 Å². The smallest absolute Gasteiger partial charge is 0.0433 e. The largest absolute Gasteiger partial charge is 0.289 e. The second-order valence-corrected chi connectivity index (χ2v) is 4.71. The van der Waals surface area contributed by atoms with Crippen molar-refractivity contribution in [1.82, 2.24) is 0 Å². The fourth-order valence-corrected chi connectivity index (χ4v) is 2.55. The molecule has 3 rings (SSSR count). The first-order valence-corrected chi connectivity index (χ1v) is 6.59. The Kier molecular flexibility index (Phi) is 3.22. The Balaban J connectivity index is 1.86. The normalized spacial score (nSPS) is 15.2. The van der Waals surface area contributed by atoms with Crippen LogP contribution in [0.15, 0.2) is 59.6 Å². The highest BCUT2D eigenvalue weighted by Gasteiger charge is 2.09. The summed E-state index contributed by atoms with van der Waals surface area (Å²) in [5.74, 6) is 0. The molecule has 0 radical (unpaired) electrons. The molecule has 1 aliphatic heterocycles. The predicted molar refractivity (Wildman–Crippen MR) is 76.3 cm³/mol. The molecule has 0 atom stereocenters. The minimum atomic E-state index is 0.904. The maximum atomic E-state index is 4.77. The Bertz CT molecular complexity index is 555. The van der Waals surface area contributed by atoms with Crippen LogP contribution in [0.5, 0.6) is 0 Å². The lowest BCUT2D eigenvalue weighted by Gasteiger charge is -2.14. The second kappa shape index (κ2) is 5.18. The van der Waals surface area contributed by atoms with Crippen LogP contribution in [-0.2, 0) is 12.8 Å². The number of nitrogens with zero attached hydrogens (tertiary/aromatic N) is 1. The van der Waals surface area contributed by atoms with E-state index in [1.807, 2.05) is 0 Å². The number of aliphatic imine (C=N–C) groups is 1. The maximum Gasteiger partial charge on any atom is 0.0433 e. The molecule has 90 valence electrons. The van der Waals surface area contributed by atoms with Crippen LogP contribution in [0.1, 0.15) is 23.1 Å². The third kappa shape index (κ3) is 2.35. The summed E-state index contributed by atoms with van der Waals surface area (Å²) in [4.78, 5) is 4.77. The van der Waals surface area contributed by atoms with Crippen molar-refractivity contribution in [1.29, 1.82) is 0 Å². The van der Waals surface area contributed by atoms with Crippen LogP contribution in [0.4, 0.5) is 0 Å². The average molecular weight is 235 g/mol. The molecule has 0 aromatic heterocycles. The van der Waals surface area contributed by atoms with Crippen molar-refractivity contribution in [2.75, 3.05) is 6.54 Å². The lowest BCUT2D eigenvalue weighted by Crippen LogP contribution is -2.09. The molecule has 0 amide bonds. The standard InChI is InChI=1S/C17H17N/c1-2-8-16(9-3-1)17-11-10-14-6-4-5-7-15(14)12-13-18-17/h1-9H,10-13H2. The van der Waals surface area contributed by atoms with Crippen molar-refractivity contribution in [2.45, 2.75) is 19.3 Å². The van der Waals surface area contributed by atoms with Gasteiger partial charge < -0.3 is 0 Å². The molecule has 0 saturated heterocycles. The molecule has 0 N–H and O–H groups in total. The van der Waals surface area contributed by atoms with Gasteiger partial charge in [0.05, 0.1) is 0 Å². The summed E-state index contributed by atoms with van der Waals surface area (Å²) in [6.45, 7) is 0.904. The van der Waals surface area contributed by atoms with Crippen molar-refractivity contribution >= 4 is 5.71 Å². The van der Waals surface area contributed by atoms with Crippen LogP contribution in [0.2, 0.25) is 0 Å². The first kappa shape index (κ1) is 11.2. The molecule has 2 aromatic rings. The van der Waals surface area contributed by atoms with Gasteiger partial charge in [0.25, 0.3) is 0 Å². The summed E-state index contributed by atoms with van der Waals surface area (Å²) < 4.78 is 0.